The third kappa shape index (κ3) is 2.91. The van der Waals surface area contributed by atoms with Gasteiger partial charge in [-0.05, 0) is 34.6 Å². The van der Waals surface area contributed by atoms with E-state index in [-0.39, 0.29) is 30.1 Å². The van der Waals surface area contributed by atoms with Gasteiger partial charge in [-0.1, -0.05) is 6.92 Å². The molecular weight excluding hydrogens is 332 g/mol. The summed E-state index contributed by atoms with van der Waals surface area (Å²) in [5.74, 6) is 1.40. The largest absolute Gasteiger partial charge is 0.460 e. The summed E-state index contributed by atoms with van der Waals surface area (Å²) in [6, 6.07) is 3.75. The van der Waals surface area contributed by atoms with E-state index >= 15 is 0 Å². The lowest BCUT2D eigenvalue weighted by Gasteiger charge is -2.30. The zero-order valence-corrected chi connectivity index (χ0v) is 16.2. The van der Waals surface area contributed by atoms with Gasteiger partial charge in [-0.15, -0.1) is 0 Å². The van der Waals surface area contributed by atoms with Crippen LogP contribution in [-0.2, 0) is 17.8 Å². The van der Waals surface area contributed by atoms with Gasteiger partial charge >= 0.3 is 0 Å². The number of rotatable bonds is 5. The van der Waals surface area contributed by atoms with Crippen LogP contribution in [0.4, 0.5) is 0 Å². The van der Waals surface area contributed by atoms with Gasteiger partial charge in [0.05, 0.1) is 5.52 Å². The van der Waals surface area contributed by atoms with E-state index in [1.54, 1.807) is 11.0 Å². The van der Waals surface area contributed by atoms with Gasteiger partial charge in [-0.3, -0.25) is 14.0 Å². The summed E-state index contributed by atoms with van der Waals surface area (Å²) in [5, 5.41) is 4.47. The van der Waals surface area contributed by atoms with Crippen LogP contribution in [0.15, 0.2) is 21.3 Å². The molecule has 0 unspecified atom stereocenters. The Bertz CT molecular complexity index is 1010. The Morgan fingerprint density at radius 2 is 1.85 bits per heavy atom. The van der Waals surface area contributed by atoms with Crippen molar-refractivity contribution in [1.82, 2.24) is 19.1 Å². The van der Waals surface area contributed by atoms with Gasteiger partial charge in [0.15, 0.2) is 5.58 Å². The van der Waals surface area contributed by atoms with Crippen LogP contribution in [0, 0.1) is 6.92 Å². The average Bonchev–Trinajstić information content (AvgIpc) is 3.05. The summed E-state index contributed by atoms with van der Waals surface area (Å²) in [5.41, 5.74) is 1.70. The molecule has 0 N–H and O–H groups in total. The van der Waals surface area contributed by atoms with Crippen LogP contribution in [0.3, 0.4) is 0 Å². The fourth-order valence-electron chi connectivity index (χ4n) is 3.63. The first-order valence-electron chi connectivity index (χ1n) is 9.07. The highest BCUT2D eigenvalue weighted by Crippen LogP contribution is 2.23. The molecule has 0 aliphatic heterocycles. The summed E-state index contributed by atoms with van der Waals surface area (Å²) < 4.78 is 8.77. The predicted molar refractivity (Wildman–Crippen MR) is 100 cm³/mol. The molecule has 0 aromatic carbocycles. The molecule has 0 fully saturated rings. The van der Waals surface area contributed by atoms with Crippen molar-refractivity contribution in [1.29, 1.82) is 0 Å². The number of hydrogen-bond acceptors (Lipinski definition) is 4. The van der Waals surface area contributed by atoms with Crippen LogP contribution in [0.1, 0.15) is 46.2 Å². The van der Waals surface area contributed by atoms with Crippen molar-refractivity contribution in [3.8, 4) is 0 Å². The molecule has 3 aromatic heterocycles. The number of carbonyl (C=O) groups excluding carboxylic acids is 1. The molecule has 140 valence electrons. The normalized spacial score (nSPS) is 12.0. The standard InChI is InChI=1S/C19H26N4O3/c1-7-17-20-21(10-18(24)22(11(2)3)12(4)5)19(25)15-9-16-14(23(15)17)8-13(6)26-16/h8-9,11-12H,7,10H2,1-6H3. The van der Waals surface area contributed by atoms with E-state index in [9.17, 15) is 9.59 Å². The average molecular weight is 358 g/mol. The number of furan rings is 1. The topological polar surface area (TPSA) is 72.8 Å². The van der Waals surface area contributed by atoms with Crippen molar-refractivity contribution in [2.75, 3.05) is 0 Å². The molecular formula is C19H26N4O3. The van der Waals surface area contributed by atoms with Crippen LogP contribution in [0.25, 0.3) is 16.6 Å². The fraction of sp³-hybridized carbons (Fsp3) is 0.526. The van der Waals surface area contributed by atoms with Crippen molar-refractivity contribution >= 4 is 22.5 Å². The van der Waals surface area contributed by atoms with E-state index in [1.807, 2.05) is 52.0 Å². The molecule has 0 aliphatic rings. The minimum atomic E-state index is -0.285. The second-order valence-corrected chi connectivity index (χ2v) is 7.19. The van der Waals surface area contributed by atoms with Gasteiger partial charge in [0.25, 0.3) is 5.56 Å². The van der Waals surface area contributed by atoms with Crippen LogP contribution >= 0.6 is 0 Å². The van der Waals surface area contributed by atoms with Crippen molar-refractivity contribution in [3.05, 3.63) is 34.1 Å². The Kier molecular flexibility index (Phi) is 4.64. The molecule has 7 nitrogen and oxygen atoms in total. The summed E-state index contributed by atoms with van der Waals surface area (Å²) in [6.07, 6.45) is 0.636. The zero-order chi connectivity index (χ0) is 19.2. The van der Waals surface area contributed by atoms with E-state index in [4.69, 9.17) is 4.42 Å². The summed E-state index contributed by atoms with van der Waals surface area (Å²) in [4.78, 5) is 27.4. The minimum absolute atomic E-state index is 0.0613. The van der Waals surface area contributed by atoms with E-state index in [0.717, 1.165) is 17.1 Å². The molecule has 0 spiro atoms. The SMILES string of the molecule is CCc1nn(CC(=O)N(C(C)C)C(C)C)c(=O)c2cc3oc(C)cc3n12. The van der Waals surface area contributed by atoms with Gasteiger partial charge in [-0.2, -0.15) is 5.10 Å². The molecule has 0 saturated carbocycles. The summed E-state index contributed by atoms with van der Waals surface area (Å²) in [7, 11) is 0. The molecule has 1 amide bonds. The monoisotopic (exact) mass is 358 g/mol. The zero-order valence-electron chi connectivity index (χ0n) is 16.2. The second-order valence-electron chi connectivity index (χ2n) is 7.19. The quantitative estimate of drug-likeness (QED) is 0.703. The number of fused-ring (bicyclic) bond motifs is 3. The highest BCUT2D eigenvalue weighted by Gasteiger charge is 2.23. The lowest BCUT2D eigenvalue weighted by Crippen LogP contribution is -2.45. The number of aryl methyl sites for hydroxylation is 2. The van der Waals surface area contributed by atoms with Crippen LogP contribution < -0.4 is 5.56 Å². The highest BCUT2D eigenvalue weighted by molar-refractivity contribution is 5.83. The van der Waals surface area contributed by atoms with Crippen molar-refractivity contribution in [3.63, 3.8) is 0 Å². The molecule has 0 bridgehead atoms. The Morgan fingerprint density at radius 1 is 1.19 bits per heavy atom. The van der Waals surface area contributed by atoms with E-state index in [2.05, 4.69) is 5.10 Å². The first-order valence-corrected chi connectivity index (χ1v) is 9.07. The smallest absolute Gasteiger partial charge is 0.291 e. The maximum atomic E-state index is 12.9. The second kappa shape index (κ2) is 6.63. The van der Waals surface area contributed by atoms with Crippen LogP contribution in [0.5, 0.6) is 0 Å². The minimum Gasteiger partial charge on any atom is -0.460 e. The number of aromatic nitrogens is 3. The summed E-state index contributed by atoms with van der Waals surface area (Å²) in [6.45, 7) is 11.7. The van der Waals surface area contributed by atoms with Gasteiger partial charge in [0.1, 0.15) is 23.6 Å². The number of hydrogen-bond donors (Lipinski definition) is 0. The Hall–Kier alpha value is -2.57. The van der Waals surface area contributed by atoms with E-state index < -0.39 is 0 Å². The first kappa shape index (κ1) is 18.2. The highest BCUT2D eigenvalue weighted by atomic mass is 16.3. The Morgan fingerprint density at radius 3 is 2.42 bits per heavy atom. The molecule has 26 heavy (non-hydrogen) atoms. The molecule has 3 aromatic rings. The maximum Gasteiger partial charge on any atom is 0.291 e. The first-order chi connectivity index (χ1) is 12.2. The lowest BCUT2D eigenvalue weighted by molar-refractivity contribution is -0.135. The third-order valence-corrected chi connectivity index (χ3v) is 4.56. The van der Waals surface area contributed by atoms with Crippen LogP contribution in [0.2, 0.25) is 0 Å². The summed E-state index contributed by atoms with van der Waals surface area (Å²) >= 11 is 0. The molecule has 0 radical (unpaired) electrons. The van der Waals surface area contributed by atoms with Crippen LogP contribution in [-0.4, -0.2) is 37.1 Å². The van der Waals surface area contributed by atoms with Gasteiger partial charge < -0.3 is 9.32 Å². The van der Waals surface area contributed by atoms with Crippen molar-refractivity contribution in [2.24, 2.45) is 0 Å². The molecule has 0 saturated heterocycles. The van der Waals surface area contributed by atoms with Gasteiger partial charge in [-0.25, -0.2) is 4.68 Å². The Balaban J connectivity index is 2.11. The molecule has 3 heterocycles. The fourth-order valence-corrected chi connectivity index (χ4v) is 3.63. The molecule has 0 aliphatic carbocycles. The number of carbonyl (C=O) groups is 1. The maximum absolute atomic E-state index is 12.9. The third-order valence-electron chi connectivity index (χ3n) is 4.56. The number of nitrogens with zero attached hydrogens (tertiary/aromatic N) is 4. The van der Waals surface area contributed by atoms with E-state index in [0.29, 0.717) is 17.5 Å². The van der Waals surface area contributed by atoms with Crippen molar-refractivity contribution in [2.45, 2.75) is 66.6 Å². The lowest BCUT2D eigenvalue weighted by atomic mass is 10.2. The van der Waals surface area contributed by atoms with Gasteiger partial charge in [0.2, 0.25) is 5.91 Å². The van der Waals surface area contributed by atoms with Crippen molar-refractivity contribution < 1.29 is 9.21 Å². The predicted octanol–water partition coefficient (Wildman–Crippen LogP) is 2.76. The Labute approximate surface area is 152 Å². The molecule has 3 rings (SSSR count). The van der Waals surface area contributed by atoms with E-state index in [1.165, 1.54) is 4.68 Å². The van der Waals surface area contributed by atoms with Gasteiger partial charge in [0, 0.05) is 30.6 Å². The molecule has 0 atom stereocenters. The molecule has 7 heteroatoms. The number of amides is 1.